The summed E-state index contributed by atoms with van der Waals surface area (Å²) in [5.74, 6) is -0.819. The van der Waals surface area contributed by atoms with Gasteiger partial charge in [-0.3, -0.25) is 10.1 Å². The molecule has 1 rings (SSSR count). The Bertz CT molecular complexity index is 353. The highest BCUT2D eigenvalue weighted by molar-refractivity contribution is 5.62. The summed E-state index contributed by atoms with van der Waals surface area (Å²) >= 11 is 0. The topological polar surface area (TPSA) is 55.2 Å². The number of benzene rings is 1. The first kappa shape index (κ1) is 10.4. The zero-order valence-electron chi connectivity index (χ0n) is 7.95. The molecule has 0 saturated carbocycles. The van der Waals surface area contributed by atoms with Crippen molar-refractivity contribution in [2.45, 2.75) is 19.9 Å². The van der Waals surface area contributed by atoms with Crippen LogP contribution in [0.25, 0.3) is 0 Å². The van der Waals surface area contributed by atoms with E-state index in [1.54, 1.807) is 0 Å². The van der Waals surface area contributed by atoms with Crippen LogP contribution in [0, 0.1) is 15.9 Å². The lowest BCUT2D eigenvalue weighted by atomic mass is 10.2. The van der Waals surface area contributed by atoms with E-state index in [9.17, 15) is 14.5 Å². The number of para-hydroxylation sites is 1. The van der Waals surface area contributed by atoms with Crippen molar-refractivity contribution in [2.75, 3.05) is 5.32 Å². The summed E-state index contributed by atoms with van der Waals surface area (Å²) in [6.07, 6.45) is 0. The third-order valence-electron chi connectivity index (χ3n) is 1.61. The highest BCUT2D eigenvalue weighted by atomic mass is 19.1. The van der Waals surface area contributed by atoms with Crippen molar-refractivity contribution in [2.24, 2.45) is 0 Å². The minimum atomic E-state index is -0.819. The molecule has 0 radical (unpaired) electrons. The SMILES string of the molecule is CC(C)Nc1cccc(F)c1[N+](=O)[O-]. The predicted octanol–water partition coefficient (Wildman–Crippen LogP) is 2.55. The Hall–Kier alpha value is -1.65. The zero-order chi connectivity index (χ0) is 10.7. The molecule has 0 heterocycles. The summed E-state index contributed by atoms with van der Waals surface area (Å²) in [5.41, 5.74) is -0.286. The fourth-order valence-electron chi connectivity index (χ4n) is 1.13. The number of nitro benzene ring substituents is 1. The Morgan fingerprint density at radius 1 is 1.50 bits per heavy atom. The van der Waals surface area contributed by atoms with Gasteiger partial charge in [0, 0.05) is 6.04 Å². The number of rotatable bonds is 3. The van der Waals surface area contributed by atoms with Gasteiger partial charge < -0.3 is 5.32 Å². The van der Waals surface area contributed by atoms with E-state index in [-0.39, 0.29) is 11.7 Å². The predicted molar refractivity (Wildman–Crippen MR) is 51.8 cm³/mol. The van der Waals surface area contributed by atoms with Crippen molar-refractivity contribution in [3.05, 3.63) is 34.1 Å². The van der Waals surface area contributed by atoms with Crippen LogP contribution in [0.1, 0.15) is 13.8 Å². The number of nitrogens with one attached hydrogen (secondary N) is 1. The van der Waals surface area contributed by atoms with Gasteiger partial charge in [-0.2, -0.15) is 4.39 Å². The average molecular weight is 198 g/mol. The zero-order valence-corrected chi connectivity index (χ0v) is 7.95. The Kier molecular flexibility index (Phi) is 3.01. The van der Waals surface area contributed by atoms with Gasteiger partial charge in [-0.05, 0) is 26.0 Å². The van der Waals surface area contributed by atoms with Crippen LogP contribution in [0.2, 0.25) is 0 Å². The molecular formula is C9H11FN2O2. The molecule has 0 aromatic heterocycles. The van der Waals surface area contributed by atoms with Gasteiger partial charge in [0.1, 0.15) is 5.69 Å². The Labute approximate surface area is 80.9 Å². The summed E-state index contributed by atoms with van der Waals surface area (Å²) in [5, 5.41) is 13.4. The van der Waals surface area contributed by atoms with E-state index < -0.39 is 16.4 Å². The smallest absolute Gasteiger partial charge is 0.327 e. The molecule has 76 valence electrons. The fraction of sp³-hybridized carbons (Fsp3) is 0.333. The van der Waals surface area contributed by atoms with E-state index in [4.69, 9.17) is 0 Å². The lowest BCUT2D eigenvalue weighted by molar-refractivity contribution is -0.386. The first-order valence-corrected chi connectivity index (χ1v) is 4.22. The Morgan fingerprint density at radius 2 is 2.14 bits per heavy atom. The molecule has 0 amide bonds. The van der Waals surface area contributed by atoms with Gasteiger partial charge >= 0.3 is 5.69 Å². The normalized spacial score (nSPS) is 10.3. The molecule has 0 atom stereocenters. The fourth-order valence-corrected chi connectivity index (χ4v) is 1.13. The Morgan fingerprint density at radius 3 is 2.64 bits per heavy atom. The van der Waals surface area contributed by atoms with E-state index in [1.807, 2.05) is 13.8 Å². The van der Waals surface area contributed by atoms with Crippen molar-refractivity contribution in [3.8, 4) is 0 Å². The van der Waals surface area contributed by atoms with Gasteiger partial charge in [-0.25, -0.2) is 0 Å². The lowest BCUT2D eigenvalue weighted by Crippen LogP contribution is -2.11. The molecule has 0 aliphatic heterocycles. The summed E-state index contributed by atoms with van der Waals surface area (Å²) < 4.78 is 13.1. The summed E-state index contributed by atoms with van der Waals surface area (Å²) in [6, 6.07) is 4.02. The molecule has 0 aliphatic carbocycles. The first-order chi connectivity index (χ1) is 6.52. The highest BCUT2D eigenvalue weighted by Gasteiger charge is 2.19. The third kappa shape index (κ3) is 2.18. The molecule has 5 heteroatoms. The van der Waals surface area contributed by atoms with Crippen LogP contribution < -0.4 is 5.32 Å². The molecule has 1 aromatic rings. The highest BCUT2D eigenvalue weighted by Crippen LogP contribution is 2.27. The maximum atomic E-state index is 13.1. The van der Waals surface area contributed by atoms with Crippen LogP contribution >= 0.6 is 0 Å². The molecule has 4 nitrogen and oxygen atoms in total. The van der Waals surface area contributed by atoms with Crippen molar-refractivity contribution < 1.29 is 9.31 Å². The van der Waals surface area contributed by atoms with Gasteiger partial charge in [0.05, 0.1) is 4.92 Å². The van der Waals surface area contributed by atoms with Crippen molar-refractivity contribution in [1.29, 1.82) is 0 Å². The quantitative estimate of drug-likeness (QED) is 0.599. The number of anilines is 1. The van der Waals surface area contributed by atoms with E-state index in [2.05, 4.69) is 5.32 Å². The summed E-state index contributed by atoms with van der Waals surface area (Å²) in [7, 11) is 0. The number of nitro groups is 1. The summed E-state index contributed by atoms with van der Waals surface area (Å²) in [4.78, 5) is 9.83. The third-order valence-corrected chi connectivity index (χ3v) is 1.61. The van der Waals surface area contributed by atoms with Crippen LogP contribution in [-0.2, 0) is 0 Å². The molecule has 0 bridgehead atoms. The van der Waals surface area contributed by atoms with Crippen LogP contribution in [-0.4, -0.2) is 11.0 Å². The van der Waals surface area contributed by atoms with Gasteiger partial charge in [0.15, 0.2) is 0 Å². The second-order valence-electron chi connectivity index (χ2n) is 3.19. The van der Waals surface area contributed by atoms with E-state index in [0.29, 0.717) is 0 Å². The van der Waals surface area contributed by atoms with Crippen molar-refractivity contribution in [1.82, 2.24) is 0 Å². The average Bonchev–Trinajstić information content (AvgIpc) is 2.01. The van der Waals surface area contributed by atoms with Crippen LogP contribution in [0.4, 0.5) is 15.8 Å². The maximum Gasteiger partial charge on any atom is 0.327 e. The van der Waals surface area contributed by atoms with Gasteiger partial charge in [-0.1, -0.05) is 6.07 Å². The molecule has 0 spiro atoms. The number of nitrogens with zero attached hydrogens (tertiary/aromatic N) is 1. The standard InChI is InChI=1S/C9H11FN2O2/c1-6(2)11-8-5-3-4-7(10)9(8)12(13)14/h3-6,11H,1-2H3. The van der Waals surface area contributed by atoms with Gasteiger partial charge in [0.2, 0.25) is 5.82 Å². The van der Waals surface area contributed by atoms with Crippen molar-refractivity contribution >= 4 is 11.4 Å². The second-order valence-corrected chi connectivity index (χ2v) is 3.19. The minimum Gasteiger partial charge on any atom is -0.377 e. The minimum absolute atomic E-state index is 0.0236. The van der Waals surface area contributed by atoms with Gasteiger partial charge in [-0.15, -0.1) is 0 Å². The van der Waals surface area contributed by atoms with E-state index >= 15 is 0 Å². The van der Waals surface area contributed by atoms with Crippen LogP contribution in [0.15, 0.2) is 18.2 Å². The molecule has 1 aromatic carbocycles. The molecule has 0 saturated heterocycles. The van der Waals surface area contributed by atoms with Crippen molar-refractivity contribution in [3.63, 3.8) is 0 Å². The maximum absolute atomic E-state index is 13.1. The largest absolute Gasteiger partial charge is 0.377 e. The first-order valence-electron chi connectivity index (χ1n) is 4.22. The molecule has 1 N–H and O–H groups in total. The van der Waals surface area contributed by atoms with Crippen LogP contribution in [0.5, 0.6) is 0 Å². The lowest BCUT2D eigenvalue weighted by Gasteiger charge is -2.09. The molecule has 0 unspecified atom stereocenters. The molecule has 14 heavy (non-hydrogen) atoms. The van der Waals surface area contributed by atoms with E-state index in [0.717, 1.165) is 6.07 Å². The van der Waals surface area contributed by atoms with Crippen LogP contribution in [0.3, 0.4) is 0 Å². The molecular weight excluding hydrogens is 187 g/mol. The number of hydrogen-bond acceptors (Lipinski definition) is 3. The molecule has 0 aliphatic rings. The van der Waals surface area contributed by atoms with E-state index in [1.165, 1.54) is 12.1 Å². The monoisotopic (exact) mass is 198 g/mol. The molecule has 0 fully saturated rings. The summed E-state index contributed by atoms with van der Waals surface area (Å²) in [6.45, 7) is 3.66. The second kappa shape index (κ2) is 4.04. The number of halogens is 1. The number of hydrogen-bond donors (Lipinski definition) is 1. The van der Waals surface area contributed by atoms with Gasteiger partial charge in [0.25, 0.3) is 0 Å². The Balaban J connectivity index is 3.14.